The van der Waals surface area contributed by atoms with Gasteiger partial charge in [-0.1, -0.05) is 33.8 Å². The molecular formula is C47H70N4O14. The van der Waals surface area contributed by atoms with E-state index in [1.165, 1.54) is 52.5 Å². The van der Waals surface area contributed by atoms with E-state index in [1.54, 1.807) is 58.2 Å². The van der Waals surface area contributed by atoms with Crippen molar-refractivity contribution in [2.75, 3.05) is 34.3 Å². The summed E-state index contributed by atoms with van der Waals surface area (Å²) in [5.74, 6) is -6.01. The molecule has 0 saturated carbocycles. The number of cyclic esters (lactones) is 1. The van der Waals surface area contributed by atoms with Gasteiger partial charge in [-0.3, -0.25) is 24.2 Å². The van der Waals surface area contributed by atoms with Crippen molar-refractivity contribution >= 4 is 35.8 Å². The first-order valence-corrected chi connectivity index (χ1v) is 22.3. The molecule has 2 aliphatic heterocycles. The molecule has 2 amide bonds. The van der Waals surface area contributed by atoms with Crippen molar-refractivity contribution in [1.29, 1.82) is 0 Å². The topological polar surface area (TPSA) is 235 Å². The molecule has 2 aromatic heterocycles. The Kier molecular flexibility index (Phi) is 19.2. The first kappa shape index (κ1) is 52.9. The summed E-state index contributed by atoms with van der Waals surface area (Å²) in [6, 6.07) is 6.41. The summed E-state index contributed by atoms with van der Waals surface area (Å²) in [7, 11) is 5.14. The first-order valence-electron chi connectivity index (χ1n) is 22.3. The maximum absolute atomic E-state index is 14.6. The van der Waals surface area contributed by atoms with Crippen molar-refractivity contribution in [1.82, 2.24) is 20.5 Å². The zero-order valence-electron chi connectivity index (χ0n) is 39.6. The number of alkyl carbamates (subject to hydrolysis) is 1. The molecule has 4 N–H and O–H groups in total. The molecule has 0 radical (unpaired) electrons. The zero-order valence-corrected chi connectivity index (χ0v) is 39.6. The number of likely N-dealkylation sites (N-methyl/N-ethyl adjacent to an activating group) is 1. The number of nitrogens with zero attached hydrogens (tertiary/aromatic N) is 2. The lowest BCUT2D eigenvalue weighted by Gasteiger charge is -2.48. The number of carbonyl (C=O) groups excluding carboxylic acids is 5. The van der Waals surface area contributed by atoms with Crippen LogP contribution in [0, 0.1) is 23.7 Å². The zero-order chi connectivity index (χ0) is 48.2. The van der Waals surface area contributed by atoms with Gasteiger partial charge in [0.25, 0.3) is 0 Å². The van der Waals surface area contributed by atoms with Gasteiger partial charge in [0.15, 0.2) is 6.29 Å². The number of aliphatic hydroxyl groups excluding tert-OH is 1. The van der Waals surface area contributed by atoms with Gasteiger partial charge in [-0.2, -0.15) is 0 Å². The molecule has 4 heterocycles. The lowest BCUT2D eigenvalue weighted by atomic mass is 9.73. The Bertz CT molecular complexity index is 1890. The van der Waals surface area contributed by atoms with Crippen molar-refractivity contribution in [2.45, 2.75) is 141 Å². The van der Waals surface area contributed by atoms with Crippen LogP contribution in [0.15, 0.2) is 53.4 Å². The second kappa shape index (κ2) is 23.6. The number of Topliss-reactive ketones (excluding diaryl/α,β-unsaturated/α-hetero) is 1. The Hall–Kier alpha value is -4.72. The number of esters is 2. The maximum atomic E-state index is 14.6. The number of aromatic nitrogens is 1. The Balaban J connectivity index is 1.72. The predicted molar refractivity (Wildman–Crippen MR) is 237 cm³/mol. The van der Waals surface area contributed by atoms with Crippen molar-refractivity contribution in [3.63, 3.8) is 0 Å². The van der Waals surface area contributed by atoms with E-state index < -0.39 is 101 Å². The second-order valence-electron chi connectivity index (χ2n) is 18.0. The number of ketones is 1. The molecule has 0 spiro atoms. The number of methoxy groups -OCH3 is 1. The van der Waals surface area contributed by atoms with Crippen LogP contribution in [0.25, 0.3) is 6.08 Å². The number of carbonyl (C=O) groups is 5. The Morgan fingerprint density at radius 1 is 1.00 bits per heavy atom. The van der Waals surface area contributed by atoms with Crippen LogP contribution in [0.2, 0.25) is 0 Å². The molecule has 0 aromatic carbocycles. The van der Waals surface area contributed by atoms with Crippen LogP contribution in [0.3, 0.4) is 0 Å². The lowest BCUT2D eigenvalue weighted by Crippen LogP contribution is -2.61. The normalized spacial score (nSPS) is 34.1. The van der Waals surface area contributed by atoms with Gasteiger partial charge < -0.3 is 58.6 Å². The quantitative estimate of drug-likeness (QED) is 0.0912. The maximum Gasteiger partial charge on any atom is 0.407 e. The van der Waals surface area contributed by atoms with Gasteiger partial charge >= 0.3 is 18.0 Å². The third kappa shape index (κ3) is 13.9. The van der Waals surface area contributed by atoms with Gasteiger partial charge in [-0.05, 0) is 90.9 Å². The van der Waals surface area contributed by atoms with Crippen LogP contribution in [0.1, 0.15) is 86.0 Å². The summed E-state index contributed by atoms with van der Waals surface area (Å²) in [6.07, 6.45) is -1.25. The highest BCUT2D eigenvalue weighted by molar-refractivity contribution is 5.91. The summed E-state index contributed by atoms with van der Waals surface area (Å²) >= 11 is 0. The molecule has 2 fully saturated rings. The molecule has 18 heteroatoms. The lowest BCUT2D eigenvalue weighted by molar-refractivity contribution is -0.301. The van der Waals surface area contributed by atoms with Crippen LogP contribution < -0.4 is 10.6 Å². The predicted octanol–water partition coefficient (Wildman–Crippen LogP) is 3.86. The van der Waals surface area contributed by atoms with Gasteiger partial charge in [0.1, 0.15) is 41.6 Å². The molecular weight excluding hydrogens is 845 g/mol. The van der Waals surface area contributed by atoms with E-state index in [-0.39, 0.29) is 44.5 Å². The minimum Gasteiger partial charge on any atom is -0.465 e. The summed E-state index contributed by atoms with van der Waals surface area (Å²) in [5, 5.41) is 29.2. The van der Waals surface area contributed by atoms with Crippen LogP contribution in [-0.4, -0.2) is 144 Å². The summed E-state index contributed by atoms with van der Waals surface area (Å²) in [5.41, 5.74) is -2.97. The largest absolute Gasteiger partial charge is 0.465 e. The van der Waals surface area contributed by atoms with E-state index in [0.29, 0.717) is 17.7 Å². The highest BCUT2D eigenvalue weighted by Crippen LogP contribution is 2.40. The Morgan fingerprint density at radius 3 is 2.32 bits per heavy atom. The van der Waals surface area contributed by atoms with Crippen LogP contribution in [0.4, 0.5) is 4.79 Å². The minimum absolute atomic E-state index is 0.0129. The standard InChI is InChI=1S/C47H70N4O14/c1-12-35-47(8,58)42(65-45(57)50-21-20-49-36(52)18-17-33-16-14-22-60-33)29(4)38(54)27(2)25-46(7,59-11)41(64-44-39(55)34(51(9)10)23-28(3)61-44)30(5)40(31(6)43(56)62-35)63-37(53)24-32-15-13-19-48-26-32/h13-19,22,26-31,34-35,39-42,44,55,58H,12,20-21,23-25H2,1-11H3,(H,49,52)(H,50,57)/b18-17+/t27-,28-,29+,30+,31-,34+,35-,39-,40+,41-,42-,44+,46-,47-/m1/s1. The molecule has 65 heavy (non-hydrogen) atoms. The molecule has 0 bridgehead atoms. The number of hydrogen-bond donors (Lipinski definition) is 4. The molecule has 2 saturated heterocycles. The Labute approximate surface area is 382 Å². The van der Waals surface area contributed by atoms with E-state index in [2.05, 4.69) is 15.6 Å². The van der Waals surface area contributed by atoms with E-state index >= 15 is 0 Å². The van der Waals surface area contributed by atoms with Crippen LogP contribution in [0.5, 0.6) is 0 Å². The third-order valence-corrected chi connectivity index (χ3v) is 12.7. The van der Waals surface area contributed by atoms with Crippen molar-refractivity contribution in [3.05, 3.63) is 60.3 Å². The van der Waals surface area contributed by atoms with Crippen LogP contribution >= 0.6 is 0 Å². The van der Waals surface area contributed by atoms with Crippen molar-refractivity contribution in [2.24, 2.45) is 23.7 Å². The van der Waals surface area contributed by atoms with Crippen molar-refractivity contribution in [3.8, 4) is 0 Å². The average Bonchev–Trinajstić information content (AvgIpc) is 3.80. The number of furan rings is 1. The monoisotopic (exact) mass is 914 g/mol. The fraction of sp³-hybridized carbons (Fsp3) is 0.660. The third-order valence-electron chi connectivity index (χ3n) is 12.7. The van der Waals surface area contributed by atoms with Gasteiger partial charge in [-0.25, -0.2) is 4.79 Å². The molecule has 0 aliphatic carbocycles. The number of hydrogen-bond acceptors (Lipinski definition) is 16. The molecule has 14 atom stereocenters. The van der Waals surface area contributed by atoms with Gasteiger partial charge in [0.2, 0.25) is 5.91 Å². The molecule has 0 unspecified atom stereocenters. The summed E-state index contributed by atoms with van der Waals surface area (Å²) in [4.78, 5) is 74.6. The summed E-state index contributed by atoms with van der Waals surface area (Å²) in [6.45, 7) is 13.0. The molecule has 18 nitrogen and oxygen atoms in total. The SMILES string of the molecule is CC[C@H]1OC(=O)[C@H](C)[C@@H](OC(=O)Cc2cccnc2)[C@H](C)[C@@H](O[C@@H]2O[C@H](C)C[C@H](N(C)C)[C@H]2O)[C@](C)(OC)C[C@@H](C)C(=O)[C@H](C)[C@@H](OC(=O)NCCNC(=O)/C=C/c2ccco2)[C@]1(C)O. The number of aliphatic hydroxyl groups is 2. The number of rotatable bonds is 14. The van der Waals surface area contributed by atoms with E-state index in [1.807, 2.05) is 25.9 Å². The average molecular weight is 915 g/mol. The number of pyridine rings is 1. The van der Waals surface area contributed by atoms with Crippen molar-refractivity contribution < 1.29 is 67.0 Å². The molecule has 2 aliphatic rings. The van der Waals surface area contributed by atoms with E-state index in [4.69, 9.17) is 32.8 Å². The molecule has 2 aromatic rings. The first-order chi connectivity index (χ1) is 30.6. The van der Waals surface area contributed by atoms with Crippen LogP contribution in [-0.2, 0) is 54.0 Å². The second-order valence-corrected chi connectivity index (χ2v) is 18.0. The fourth-order valence-electron chi connectivity index (χ4n) is 8.96. The summed E-state index contributed by atoms with van der Waals surface area (Å²) < 4.78 is 42.6. The van der Waals surface area contributed by atoms with Gasteiger partial charge in [0.05, 0.1) is 42.3 Å². The van der Waals surface area contributed by atoms with E-state index in [9.17, 15) is 34.2 Å². The molecule has 362 valence electrons. The molecule has 4 rings (SSSR count). The fourth-order valence-corrected chi connectivity index (χ4v) is 8.96. The van der Waals surface area contributed by atoms with Gasteiger partial charge in [0, 0.05) is 56.5 Å². The highest BCUT2D eigenvalue weighted by Gasteiger charge is 2.54. The number of ether oxygens (including phenoxy) is 6. The highest BCUT2D eigenvalue weighted by atomic mass is 16.7. The van der Waals surface area contributed by atoms with Gasteiger partial charge in [-0.15, -0.1) is 0 Å². The number of nitrogens with one attached hydrogen (secondary N) is 2. The smallest absolute Gasteiger partial charge is 0.407 e. The Morgan fingerprint density at radius 2 is 1.71 bits per heavy atom. The minimum atomic E-state index is -2.15. The van der Waals surface area contributed by atoms with E-state index in [0.717, 1.165) is 0 Å². The number of amides is 2.